The molecule has 0 unspecified atom stereocenters. The Kier molecular flexibility index (Phi) is 7.15. The molecule has 1 aromatic rings. The fourth-order valence-corrected chi connectivity index (χ4v) is 2.06. The molecular formula is C16H25N3OS. The van der Waals surface area contributed by atoms with Crippen LogP contribution in [0.5, 0.6) is 0 Å². The quantitative estimate of drug-likeness (QED) is 0.748. The van der Waals surface area contributed by atoms with Gasteiger partial charge in [-0.3, -0.25) is 4.79 Å². The number of benzene rings is 1. The largest absolute Gasteiger partial charge is 0.393 e. The number of thiocarbonyl (C=S) groups is 1. The minimum atomic E-state index is 0.114. The first-order valence-electron chi connectivity index (χ1n) is 7.26. The van der Waals surface area contributed by atoms with Gasteiger partial charge in [-0.2, -0.15) is 0 Å². The van der Waals surface area contributed by atoms with Gasteiger partial charge in [0.25, 0.3) is 0 Å². The Bertz CT molecular complexity index is 473. The van der Waals surface area contributed by atoms with E-state index in [1.54, 1.807) is 11.9 Å². The van der Waals surface area contributed by atoms with E-state index in [1.165, 1.54) is 5.56 Å². The molecule has 2 N–H and O–H groups in total. The van der Waals surface area contributed by atoms with Gasteiger partial charge in [0, 0.05) is 45.7 Å². The number of hydrogen-bond donors (Lipinski definition) is 1. The van der Waals surface area contributed by atoms with E-state index in [4.69, 9.17) is 18.0 Å². The molecule has 21 heavy (non-hydrogen) atoms. The van der Waals surface area contributed by atoms with Crippen molar-refractivity contribution in [2.45, 2.75) is 26.2 Å². The predicted octanol–water partition coefficient (Wildman–Crippen LogP) is 2.21. The number of hydrogen-bond acceptors (Lipinski definition) is 3. The van der Waals surface area contributed by atoms with Crippen LogP contribution >= 0.6 is 12.2 Å². The Morgan fingerprint density at radius 2 is 1.76 bits per heavy atom. The van der Waals surface area contributed by atoms with E-state index in [2.05, 4.69) is 36.1 Å². The lowest BCUT2D eigenvalue weighted by Gasteiger charge is -2.22. The summed E-state index contributed by atoms with van der Waals surface area (Å²) in [5.41, 5.74) is 7.90. The monoisotopic (exact) mass is 307 g/mol. The zero-order valence-corrected chi connectivity index (χ0v) is 13.9. The van der Waals surface area contributed by atoms with E-state index in [-0.39, 0.29) is 5.91 Å². The molecule has 0 saturated heterocycles. The average Bonchev–Trinajstić information content (AvgIpc) is 2.49. The normalized spacial score (nSPS) is 10.2. The lowest BCUT2D eigenvalue weighted by molar-refractivity contribution is -0.129. The van der Waals surface area contributed by atoms with Gasteiger partial charge in [0.2, 0.25) is 5.91 Å². The molecule has 116 valence electrons. The fraction of sp³-hybridized carbons (Fsp3) is 0.500. The van der Waals surface area contributed by atoms with Crippen molar-refractivity contribution in [2.75, 3.05) is 32.1 Å². The number of aryl methyl sites for hydroxylation is 1. The minimum Gasteiger partial charge on any atom is -0.393 e. The molecule has 0 aliphatic heterocycles. The van der Waals surface area contributed by atoms with Gasteiger partial charge >= 0.3 is 0 Å². The summed E-state index contributed by atoms with van der Waals surface area (Å²) in [6.45, 7) is 3.42. The lowest BCUT2D eigenvalue weighted by Crippen LogP contribution is -2.32. The second kappa shape index (κ2) is 8.62. The molecule has 0 aromatic heterocycles. The summed E-state index contributed by atoms with van der Waals surface area (Å²) in [7, 11) is 3.79. The smallest absolute Gasteiger partial charge is 0.224 e. The number of rotatable bonds is 8. The van der Waals surface area contributed by atoms with Gasteiger partial charge in [0.1, 0.15) is 0 Å². The van der Waals surface area contributed by atoms with Crippen molar-refractivity contribution in [3.8, 4) is 0 Å². The third-order valence-corrected chi connectivity index (χ3v) is 3.77. The van der Waals surface area contributed by atoms with Crippen LogP contribution in [0.4, 0.5) is 5.69 Å². The molecule has 0 saturated carbocycles. The summed E-state index contributed by atoms with van der Waals surface area (Å²) in [5, 5.41) is 0. The fourth-order valence-electron chi connectivity index (χ4n) is 1.97. The van der Waals surface area contributed by atoms with Crippen LogP contribution in [0.1, 0.15) is 25.3 Å². The third kappa shape index (κ3) is 6.12. The molecule has 0 atom stereocenters. The highest BCUT2D eigenvalue weighted by molar-refractivity contribution is 7.80. The summed E-state index contributed by atoms with van der Waals surface area (Å²) in [6, 6.07) is 8.45. The number of amides is 1. The van der Waals surface area contributed by atoms with E-state index in [1.807, 2.05) is 7.05 Å². The van der Waals surface area contributed by atoms with Crippen LogP contribution in [0.15, 0.2) is 24.3 Å². The van der Waals surface area contributed by atoms with E-state index in [0.717, 1.165) is 12.1 Å². The zero-order chi connectivity index (χ0) is 15.8. The highest BCUT2D eigenvalue weighted by Crippen LogP contribution is 2.14. The lowest BCUT2D eigenvalue weighted by atomic mass is 10.1. The van der Waals surface area contributed by atoms with Gasteiger partial charge < -0.3 is 15.5 Å². The van der Waals surface area contributed by atoms with Crippen LogP contribution in [0.25, 0.3) is 0 Å². The molecule has 4 nitrogen and oxygen atoms in total. The second-order valence-electron chi connectivity index (χ2n) is 5.22. The molecule has 5 heteroatoms. The molecule has 1 amide bonds. The average molecular weight is 307 g/mol. The molecule has 0 fully saturated rings. The number of nitrogens with zero attached hydrogens (tertiary/aromatic N) is 2. The summed E-state index contributed by atoms with van der Waals surface area (Å²) >= 11 is 4.82. The van der Waals surface area contributed by atoms with E-state index < -0.39 is 0 Å². The maximum atomic E-state index is 12.0. The Morgan fingerprint density at radius 3 is 2.29 bits per heavy atom. The molecule has 1 rings (SSSR count). The van der Waals surface area contributed by atoms with E-state index in [9.17, 15) is 4.79 Å². The summed E-state index contributed by atoms with van der Waals surface area (Å²) in [6.07, 6.45) is 2.10. The second-order valence-corrected chi connectivity index (χ2v) is 5.75. The molecule has 0 radical (unpaired) electrons. The van der Waals surface area contributed by atoms with Crippen molar-refractivity contribution in [2.24, 2.45) is 5.73 Å². The van der Waals surface area contributed by atoms with Crippen LogP contribution in [0.2, 0.25) is 0 Å². The standard InChI is InChI=1S/C16H25N3OS/c1-4-13-5-7-14(8-6-13)18(2)12-10-16(20)19(3)11-9-15(17)21/h5-8H,4,9-12H2,1-3H3,(H2,17,21). The number of anilines is 1. The first-order valence-corrected chi connectivity index (χ1v) is 7.67. The molecule has 0 spiro atoms. The predicted molar refractivity (Wildman–Crippen MR) is 92.7 cm³/mol. The van der Waals surface area contributed by atoms with Crippen LogP contribution in [-0.2, 0) is 11.2 Å². The SMILES string of the molecule is CCc1ccc(N(C)CCC(=O)N(C)CCC(N)=S)cc1. The molecule has 1 aromatic carbocycles. The van der Waals surface area contributed by atoms with Crippen LogP contribution in [-0.4, -0.2) is 43.0 Å². The van der Waals surface area contributed by atoms with E-state index in [0.29, 0.717) is 30.9 Å². The van der Waals surface area contributed by atoms with Crippen molar-refractivity contribution in [3.05, 3.63) is 29.8 Å². The number of nitrogens with two attached hydrogens (primary N) is 1. The van der Waals surface area contributed by atoms with Gasteiger partial charge in [-0.25, -0.2) is 0 Å². The Balaban J connectivity index is 2.42. The van der Waals surface area contributed by atoms with Crippen molar-refractivity contribution < 1.29 is 4.79 Å². The van der Waals surface area contributed by atoms with Crippen LogP contribution in [0.3, 0.4) is 0 Å². The first-order chi connectivity index (χ1) is 9.93. The Morgan fingerprint density at radius 1 is 1.14 bits per heavy atom. The number of carbonyl (C=O) groups excluding carboxylic acids is 1. The maximum absolute atomic E-state index is 12.0. The van der Waals surface area contributed by atoms with Crippen molar-refractivity contribution in [3.63, 3.8) is 0 Å². The summed E-state index contributed by atoms with van der Waals surface area (Å²) < 4.78 is 0. The molecule has 0 aliphatic rings. The van der Waals surface area contributed by atoms with E-state index >= 15 is 0 Å². The Hall–Kier alpha value is -1.62. The minimum absolute atomic E-state index is 0.114. The van der Waals surface area contributed by atoms with Crippen LogP contribution < -0.4 is 10.6 Å². The van der Waals surface area contributed by atoms with Gasteiger partial charge in [-0.15, -0.1) is 0 Å². The summed E-state index contributed by atoms with van der Waals surface area (Å²) in [5.74, 6) is 0.114. The number of carbonyl (C=O) groups is 1. The van der Waals surface area contributed by atoms with Crippen LogP contribution in [0, 0.1) is 0 Å². The van der Waals surface area contributed by atoms with Crippen molar-refractivity contribution >= 4 is 28.8 Å². The highest BCUT2D eigenvalue weighted by atomic mass is 32.1. The van der Waals surface area contributed by atoms with Gasteiger partial charge in [0.05, 0.1) is 4.99 Å². The third-order valence-electron chi connectivity index (χ3n) is 3.57. The molecule has 0 aliphatic carbocycles. The van der Waals surface area contributed by atoms with Crippen molar-refractivity contribution in [1.29, 1.82) is 0 Å². The molecule has 0 bridgehead atoms. The molecular weight excluding hydrogens is 282 g/mol. The maximum Gasteiger partial charge on any atom is 0.224 e. The van der Waals surface area contributed by atoms with Gasteiger partial charge in [-0.05, 0) is 24.1 Å². The van der Waals surface area contributed by atoms with Gasteiger partial charge in [-0.1, -0.05) is 31.3 Å². The first kappa shape index (κ1) is 17.4. The zero-order valence-electron chi connectivity index (χ0n) is 13.1. The van der Waals surface area contributed by atoms with Gasteiger partial charge in [0.15, 0.2) is 0 Å². The molecule has 0 heterocycles. The summed E-state index contributed by atoms with van der Waals surface area (Å²) in [4.78, 5) is 16.2. The van der Waals surface area contributed by atoms with Crippen molar-refractivity contribution in [1.82, 2.24) is 4.90 Å². The topological polar surface area (TPSA) is 49.6 Å². The highest BCUT2D eigenvalue weighted by Gasteiger charge is 2.10. The Labute approximate surface area is 132 Å².